The SMILES string of the molecule is Cc1nc(NC(C)c2cccc(C(F)F)c2F)c2cc(-c3ccccc3)c(=O)[nH]c2n1. The van der Waals surface area contributed by atoms with Crippen LogP contribution in [0.2, 0.25) is 0 Å². The highest BCUT2D eigenvalue weighted by Gasteiger charge is 2.20. The van der Waals surface area contributed by atoms with Crippen molar-refractivity contribution in [3.05, 3.63) is 87.7 Å². The van der Waals surface area contributed by atoms with Gasteiger partial charge in [0.15, 0.2) is 0 Å². The number of benzene rings is 2. The van der Waals surface area contributed by atoms with E-state index >= 15 is 0 Å². The lowest BCUT2D eigenvalue weighted by Gasteiger charge is -2.18. The molecule has 158 valence electrons. The van der Waals surface area contributed by atoms with E-state index in [2.05, 4.69) is 20.3 Å². The van der Waals surface area contributed by atoms with Gasteiger partial charge in [-0.25, -0.2) is 23.1 Å². The quantitative estimate of drug-likeness (QED) is 0.441. The maximum absolute atomic E-state index is 14.6. The summed E-state index contributed by atoms with van der Waals surface area (Å²) >= 11 is 0. The molecule has 0 radical (unpaired) electrons. The molecule has 2 heterocycles. The monoisotopic (exact) mass is 424 g/mol. The zero-order chi connectivity index (χ0) is 22.1. The fourth-order valence-electron chi connectivity index (χ4n) is 3.49. The van der Waals surface area contributed by atoms with Gasteiger partial charge in [-0.2, -0.15) is 0 Å². The maximum atomic E-state index is 14.6. The standard InChI is InChI=1S/C23H19F3N4O/c1-12(15-9-6-10-16(19(15)24)20(25)26)27-21-18-11-17(14-7-4-3-5-8-14)23(31)30-22(18)29-13(2)28-21/h3-12,20H,1-2H3,(H2,27,28,29,30,31). The minimum absolute atomic E-state index is 0.0925. The Balaban J connectivity index is 1.81. The molecule has 2 N–H and O–H groups in total. The fourth-order valence-corrected chi connectivity index (χ4v) is 3.49. The van der Waals surface area contributed by atoms with E-state index in [1.807, 2.05) is 30.3 Å². The van der Waals surface area contributed by atoms with Crippen molar-refractivity contribution >= 4 is 16.9 Å². The molecule has 0 aliphatic rings. The highest BCUT2D eigenvalue weighted by atomic mass is 19.3. The minimum Gasteiger partial charge on any atom is -0.363 e. The fraction of sp³-hybridized carbons (Fsp3) is 0.174. The largest absolute Gasteiger partial charge is 0.363 e. The summed E-state index contributed by atoms with van der Waals surface area (Å²) in [5.41, 5.74) is 0.628. The Morgan fingerprint density at radius 2 is 1.71 bits per heavy atom. The summed E-state index contributed by atoms with van der Waals surface area (Å²) in [5, 5.41) is 3.62. The molecule has 31 heavy (non-hydrogen) atoms. The first-order chi connectivity index (χ1) is 14.8. The molecule has 0 aliphatic carbocycles. The molecule has 0 fully saturated rings. The topological polar surface area (TPSA) is 70.7 Å². The molecular formula is C23H19F3N4O. The van der Waals surface area contributed by atoms with Crippen molar-refractivity contribution in [1.29, 1.82) is 0 Å². The molecule has 2 aromatic carbocycles. The molecule has 8 heteroatoms. The molecule has 5 nitrogen and oxygen atoms in total. The second-order valence-corrected chi connectivity index (χ2v) is 7.18. The van der Waals surface area contributed by atoms with Gasteiger partial charge in [-0.3, -0.25) is 4.79 Å². The number of nitrogens with zero attached hydrogens (tertiary/aromatic N) is 2. The van der Waals surface area contributed by atoms with Crippen LogP contribution in [-0.4, -0.2) is 15.0 Å². The van der Waals surface area contributed by atoms with Gasteiger partial charge in [0, 0.05) is 11.1 Å². The average Bonchev–Trinajstić information content (AvgIpc) is 2.73. The van der Waals surface area contributed by atoms with E-state index in [-0.39, 0.29) is 11.1 Å². The summed E-state index contributed by atoms with van der Waals surface area (Å²) in [6, 6.07) is 14.0. The number of hydrogen-bond acceptors (Lipinski definition) is 4. The lowest BCUT2D eigenvalue weighted by molar-refractivity contribution is 0.146. The van der Waals surface area contributed by atoms with Crippen molar-refractivity contribution in [3.8, 4) is 11.1 Å². The van der Waals surface area contributed by atoms with Gasteiger partial charge in [0.25, 0.3) is 12.0 Å². The highest BCUT2D eigenvalue weighted by Crippen LogP contribution is 2.30. The van der Waals surface area contributed by atoms with Gasteiger partial charge in [0.2, 0.25) is 0 Å². The van der Waals surface area contributed by atoms with Crippen LogP contribution in [0.15, 0.2) is 59.4 Å². The van der Waals surface area contributed by atoms with E-state index in [9.17, 15) is 18.0 Å². The van der Waals surface area contributed by atoms with E-state index in [4.69, 9.17) is 0 Å². The third kappa shape index (κ3) is 4.01. The van der Waals surface area contributed by atoms with Gasteiger partial charge in [-0.05, 0) is 25.5 Å². The average molecular weight is 424 g/mol. The summed E-state index contributed by atoms with van der Waals surface area (Å²) < 4.78 is 40.8. The number of fused-ring (bicyclic) bond motifs is 1. The first-order valence-corrected chi connectivity index (χ1v) is 9.65. The van der Waals surface area contributed by atoms with Gasteiger partial charge in [-0.1, -0.05) is 48.5 Å². The number of halogens is 3. The molecule has 0 aliphatic heterocycles. The van der Waals surface area contributed by atoms with Crippen molar-refractivity contribution in [2.45, 2.75) is 26.3 Å². The molecule has 1 unspecified atom stereocenters. The van der Waals surface area contributed by atoms with Gasteiger partial charge < -0.3 is 10.3 Å². The van der Waals surface area contributed by atoms with Crippen molar-refractivity contribution in [1.82, 2.24) is 15.0 Å². The molecule has 0 saturated carbocycles. The number of aromatic nitrogens is 3. The van der Waals surface area contributed by atoms with E-state index in [1.165, 1.54) is 12.1 Å². The van der Waals surface area contributed by atoms with Crippen LogP contribution in [0.3, 0.4) is 0 Å². The lowest BCUT2D eigenvalue weighted by Crippen LogP contribution is -2.15. The Kier molecular flexibility index (Phi) is 5.46. The molecule has 1 atom stereocenters. The zero-order valence-corrected chi connectivity index (χ0v) is 16.8. The van der Waals surface area contributed by atoms with Crippen LogP contribution in [0, 0.1) is 12.7 Å². The van der Waals surface area contributed by atoms with Crippen LogP contribution in [0.5, 0.6) is 0 Å². The number of hydrogen-bond donors (Lipinski definition) is 2. The van der Waals surface area contributed by atoms with Crippen LogP contribution >= 0.6 is 0 Å². The third-order valence-electron chi connectivity index (χ3n) is 5.02. The normalized spacial score (nSPS) is 12.3. The Bertz CT molecular complexity index is 1310. The Morgan fingerprint density at radius 1 is 1.00 bits per heavy atom. The number of nitrogens with one attached hydrogen (secondary N) is 2. The van der Waals surface area contributed by atoms with Crippen molar-refractivity contribution in [2.75, 3.05) is 5.32 Å². The first kappa shape index (κ1) is 20.6. The predicted octanol–water partition coefficient (Wildman–Crippen LogP) is 5.54. The number of aromatic amines is 1. The van der Waals surface area contributed by atoms with Gasteiger partial charge in [-0.15, -0.1) is 0 Å². The van der Waals surface area contributed by atoms with Gasteiger partial charge in [0.05, 0.1) is 17.0 Å². The molecule has 0 saturated heterocycles. The summed E-state index contributed by atoms with van der Waals surface area (Å²) in [5.74, 6) is -0.191. The zero-order valence-electron chi connectivity index (χ0n) is 16.8. The Labute approximate surface area is 176 Å². The molecule has 0 bridgehead atoms. The van der Waals surface area contributed by atoms with Crippen LogP contribution in [0.4, 0.5) is 19.0 Å². The van der Waals surface area contributed by atoms with E-state index in [0.717, 1.165) is 11.6 Å². The van der Waals surface area contributed by atoms with Crippen LogP contribution in [-0.2, 0) is 0 Å². The Morgan fingerprint density at radius 3 is 2.42 bits per heavy atom. The molecular weight excluding hydrogens is 405 g/mol. The number of rotatable bonds is 5. The van der Waals surface area contributed by atoms with Crippen molar-refractivity contribution < 1.29 is 13.2 Å². The number of aryl methyl sites for hydroxylation is 1. The summed E-state index contributed by atoms with van der Waals surface area (Å²) in [6.07, 6.45) is -2.91. The van der Waals surface area contributed by atoms with Crippen LogP contribution < -0.4 is 10.9 Å². The third-order valence-corrected chi connectivity index (χ3v) is 5.02. The smallest absolute Gasteiger partial charge is 0.266 e. The predicted molar refractivity (Wildman–Crippen MR) is 114 cm³/mol. The highest BCUT2D eigenvalue weighted by molar-refractivity contribution is 5.90. The second-order valence-electron chi connectivity index (χ2n) is 7.18. The van der Waals surface area contributed by atoms with Crippen molar-refractivity contribution in [2.24, 2.45) is 0 Å². The summed E-state index contributed by atoms with van der Waals surface area (Å²) in [4.78, 5) is 24.0. The number of anilines is 1. The first-order valence-electron chi connectivity index (χ1n) is 9.65. The summed E-state index contributed by atoms with van der Waals surface area (Å²) in [7, 11) is 0. The van der Waals surface area contributed by atoms with Crippen LogP contribution in [0.25, 0.3) is 22.2 Å². The number of H-pyrrole nitrogens is 1. The van der Waals surface area contributed by atoms with Crippen molar-refractivity contribution in [3.63, 3.8) is 0 Å². The molecule has 4 aromatic rings. The molecule has 4 rings (SSSR count). The maximum Gasteiger partial charge on any atom is 0.266 e. The molecule has 2 aromatic heterocycles. The van der Waals surface area contributed by atoms with Crippen LogP contribution in [0.1, 0.15) is 36.3 Å². The van der Waals surface area contributed by atoms with E-state index < -0.39 is 23.8 Å². The van der Waals surface area contributed by atoms with E-state index in [1.54, 1.807) is 19.9 Å². The van der Waals surface area contributed by atoms with E-state index in [0.29, 0.717) is 28.2 Å². The Hall–Kier alpha value is -3.68. The summed E-state index contributed by atoms with van der Waals surface area (Å²) in [6.45, 7) is 3.32. The number of alkyl halides is 2. The minimum atomic E-state index is -2.91. The van der Waals surface area contributed by atoms with Gasteiger partial charge in [0.1, 0.15) is 23.1 Å². The lowest BCUT2D eigenvalue weighted by atomic mass is 10.0. The number of pyridine rings is 1. The molecule has 0 amide bonds. The second kappa shape index (κ2) is 8.22. The molecule has 0 spiro atoms. The van der Waals surface area contributed by atoms with Gasteiger partial charge >= 0.3 is 0 Å².